The molecule has 0 spiro atoms. The van der Waals surface area contributed by atoms with E-state index < -0.39 is 0 Å². The zero-order valence-electron chi connectivity index (χ0n) is 21.9. The Kier molecular flexibility index (Phi) is 7.28. The summed E-state index contributed by atoms with van der Waals surface area (Å²) in [5.41, 5.74) is 2.03. The Morgan fingerprint density at radius 3 is 1.30 bits per heavy atom. The molecule has 5 heterocycles. The number of aromatic nitrogens is 10. The first kappa shape index (κ1) is 24.7. The van der Waals surface area contributed by atoms with Crippen LogP contribution in [0.5, 0.6) is 0 Å². The highest BCUT2D eigenvalue weighted by Gasteiger charge is 2.17. The summed E-state index contributed by atoms with van der Waals surface area (Å²) in [6.07, 6.45) is 15.2. The highest BCUT2D eigenvalue weighted by Crippen LogP contribution is 2.15. The van der Waals surface area contributed by atoms with Gasteiger partial charge >= 0.3 is 0 Å². The fourth-order valence-corrected chi connectivity index (χ4v) is 4.37. The van der Waals surface area contributed by atoms with Crippen LogP contribution in [0.25, 0.3) is 0 Å². The van der Waals surface area contributed by atoms with E-state index in [-0.39, 0.29) is 0 Å². The number of aryl methyl sites for hydroxylation is 4. The summed E-state index contributed by atoms with van der Waals surface area (Å²) in [5.74, 6) is 4.01. The van der Waals surface area contributed by atoms with Crippen molar-refractivity contribution in [1.29, 1.82) is 0 Å². The van der Waals surface area contributed by atoms with Crippen molar-refractivity contribution in [3.8, 4) is 0 Å². The molecule has 0 saturated carbocycles. The molecule has 0 saturated heterocycles. The molecule has 0 aromatic carbocycles. The smallest absolute Gasteiger partial charge is 0.122 e. The Hall–Kier alpha value is -4.03. The van der Waals surface area contributed by atoms with E-state index in [1.807, 2.05) is 77.8 Å². The second-order valence-electron chi connectivity index (χ2n) is 9.49. The summed E-state index contributed by atoms with van der Waals surface area (Å²) in [6, 6.07) is 2.15. The quantitative estimate of drug-likeness (QED) is 0.277. The minimum Gasteiger partial charge on any atom is -0.337 e. The molecule has 12 nitrogen and oxygen atoms in total. The van der Waals surface area contributed by atoms with Crippen LogP contribution in [0.4, 0.5) is 0 Å². The van der Waals surface area contributed by atoms with Crippen molar-refractivity contribution in [2.24, 2.45) is 28.2 Å². The number of imidazole rings is 4. The van der Waals surface area contributed by atoms with Gasteiger partial charge in [0.1, 0.15) is 23.3 Å². The molecule has 0 amide bonds. The lowest BCUT2D eigenvalue weighted by atomic mass is 10.3. The second kappa shape index (κ2) is 10.9. The first-order valence-electron chi connectivity index (χ1n) is 12.3. The van der Waals surface area contributed by atoms with Crippen LogP contribution in [-0.2, 0) is 67.5 Å². The van der Waals surface area contributed by atoms with Gasteiger partial charge in [0.2, 0.25) is 0 Å². The molecule has 0 radical (unpaired) electrons. The van der Waals surface area contributed by atoms with Gasteiger partial charge in [-0.25, -0.2) is 19.9 Å². The Labute approximate surface area is 216 Å². The summed E-state index contributed by atoms with van der Waals surface area (Å²) >= 11 is 0. The molecular formula is C25H34N12. The molecule has 0 fully saturated rings. The normalized spacial score (nSPS) is 11.8. The van der Waals surface area contributed by atoms with Crippen LogP contribution in [0.15, 0.2) is 55.6 Å². The van der Waals surface area contributed by atoms with E-state index in [9.17, 15) is 0 Å². The number of nitrogens with one attached hydrogen (secondary N) is 1. The molecule has 5 aromatic heterocycles. The summed E-state index contributed by atoms with van der Waals surface area (Å²) in [7, 11) is 8.08. The molecule has 194 valence electrons. The molecule has 0 atom stereocenters. The molecule has 5 aromatic rings. The van der Waals surface area contributed by atoms with E-state index in [2.05, 4.69) is 64.3 Å². The van der Waals surface area contributed by atoms with Crippen molar-refractivity contribution in [1.82, 2.24) is 58.2 Å². The fraction of sp³-hybridized carbons (Fsp3) is 0.400. The highest BCUT2D eigenvalue weighted by molar-refractivity contribution is 5.10. The maximum absolute atomic E-state index is 4.65. The van der Waals surface area contributed by atoms with Gasteiger partial charge in [-0.15, -0.1) is 0 Å². The van der Waals surface area contributed by atoms with E-state index in [4.69, 9.17) is 0 Å². The molecule has 5 rings (SSSR count). The van der Waals surface area contributed by atoms with Gasteiger partial charge in [0.15, 0.2) is 0 Å². The van der Waals surface area contributed by atoms with Gasteiger partial charge in [0.25, 0.3) is 0 Å². The van der Waals surface area contributed by atoms with Gasteiger partial charge in [-0.05, 0) is 6.07 Å². The molecule has 0 unspecified atom stereocenters. The van der Waals surface area contributed by atoms with Crippen molar-refractivity contribution in [2.75, 3.05) is 0 Å². The zero-order valence-corrected chi connectivity index (χ0v) is 21.9. The monoisotopic (exact) mass is 502 g/mol. The van der Waals surface area contributed by atoms with Gasteiger partial charge in [-0.3, -0.25) is 14.9 Å². The van der Waals surface area contributed by atoms with Crippen LogP contribution >= 0.6 is 0 Å². The highest BCUT2D eigenvalue weighted by atomic mass is 15.2. The van der Waals surface area contributed by atoms with Crippen LogP contribution in [0.2, 0.25) is 0 Å². The number of H-pyrrole nitrogens is 1. The van der Waals surface area contributed by atoms with Crippen molar-refractivity contribution in [3.63, 3.8) is 0 Å². The summed E-state index contributed by atoms with van der Waals surface area (Å²) in [4.78, 5) is 22.7. The van der Waals surface area contributed by atoms with E-state index in [1.165, 1.54) is 0 Å². The molecule has 0 aliphatic rings. The van der Waals surface area contributed by atoms with Gasteiger partial charge in [0.05, 0.1) is 31.9 Å². The SMILES string of the molecule is Cn1ccnc1CN(Cc1cc(CN(Cc2nccn2C)Cc2nccn2C)[nH]n1)Cc1nccn1C. The maximum atomic E-state index is 4.65. The van der Waals surface area contributed by atoms with Crippen LogP contribution in [0.3, 0.4) is 0 Å². The number of hydrogen-bond acceptors (Lipinski definition) is 7. The molecule has 37 heavy (non-hydrogen) atoms. The van der Waals surface area contributed by atoms with Crippen molar-refractivity contribution >= 4 is 0 Å². The Balaban J connectivity index is 1.31. The summed E-state index contributed by atoms with van der Waals surface area (Å²) < 4.78 is 8.21. The van der Waals surface area contributed by atoms with Gasteiger partial charge < -0.3 is 18.3 Å². The lowest BCUT2D eigenvalue weighted by Crippen LogP contribution is -2.26. The van der Waals surface area contributed by atoms with E-state index in [0.717, 1.165) is 34.7 Å². The third kappa shape index (κ3) is 6.04. The topological polar surface area (TPSA) is 106 Å². The third-order valence-corrected chi connectivity index (χ3v) is 6.61. The van der Waals surface area contributed by atoms with Gasteiger partial charge in [-0.1, -0.05) is 0 Å². The van der Waals surface area contributed by atoms with Gasteiger partial charge in [-0.2, -0.15) is 5.10 Å². The predicted octanol–water partition coefficient (Wildman–Crippen LogP) is 1.75. The van der Waals surface area contributed by atoms with Crippen LogP contribution in [-0.4, -0.2) is 58.2 Å². The van der Waals surface area contributed by atoms with Crippen molar-refractivity contribution in [2.45, 2.75) is 39.3 Å². The lowest BCUT2D eigenvalue weighted by molar-refractivity contribution is 0.227. The molecule has 1 N–H and O–H groups in total. The minimum absolute atomic E-state index is 0.676. The number of aromatic amines is 1. The van der Waals surface area contributed by atoms with Crippen molar-refractivity contribution < 1.29 is 0 Å². The lowest BCUT2D eigenvalue weighted by Gasteiger charge is -2.21. The van der Waals surface area contributed by atoms with Crippen LogP contribution in [0.1, 0.15) is 34.7 Å². The zero-order chi connectivity index (χ0) is 25.8. The molecule has 12 heteroatoms. The number of hydrogen-bond donors (Lipinski definition) is 1. The summed E-state index contributed by atoms with van der Waals surface area (Å²) in [6.45, 7) is 4.18. The Morgan fingerprint density at radius 2 is 0.946 bits per heavy atom. The molecule has 0 aliphatic carbocycles. The molecular weight excluding hydrogens is 468 g/mol. The second-order valence-corrected chi connectivity index (χ2v) is 9.49. The van der Waals surface area contributed by atoms with E-state index in [0.29, 0.717) is 39.3 Å². The van der Waals surface area contributed by atoms with Crippen LogP contribution in [0, 0.1) is 0 Å². The molecule has 0 aliphatic heterocycles. The van der Waals surface area contributed by atoms with Crippen molar-refractivity contribution in [3.05, 3.63) is 90.3 Å². The predicted molar refractivity (Wildman–Crippen MR) is 137 cm³/mol. The molecule has 0 bridgehead atoms. The first-order chi connectivity index (χ1) is 17.9. The first-order valence-corrected chi connectivity index (χ1v) is 12.3. The van der Waals surface area contributed by atoms with E-state index >= 15 is 0 Å². The third-order valence-electron chi connectivity index (χ3n) is 6.61. The summed E-state index contributed by atoms with van der Waals surface area (Å²) in [5, 5.41) is 7.91. The van der Waals surface area contributed by atoms with Crippen LogP contribution < -0.4 is 0 Å². The largest absolute Gasteiger partial charge is 0.337 e. The van der Waals surface area contributed by atoms with E-state index in [1.54, 1.807) is 0 Å². The Morgan fingerprint density at radius 1 is 0.568 bits per heavy atom. The average Bonchev–Trinajstić information content (AvgIpc) is 3.69. The standard InChI is InChI=1S/C25H34N12/c1-32-9-5-26-22(32)16-36(17-23-27-6-10-33(23)2)14-20-13-21(31-30-20)15-37(18-24-28-7-11-34(24)3)19-25-29-8-12-35(25)4/h5-13H,14-19H2,1-4H3,(H,30,31). The maximum Gasteiger partial charge on any atom is 0.122 e. The van der Waals surface area contributed by atoms with Gasteiger partial charge in [0, 0.05) is 96.5 Å². The number of nitrogens with zero attached hydrogens (tertiary/aromatic N) is 11. The minimum atomic E-state index is 0.676. The Bertz CT molecular complexity index is 1230. The number of rotatable bonds is 12. The fourth-order valence-electron chi connectivity index (χ4n) is 4.37. The average molecular weight is 503 g/mol.